The van der Waals surface area contributed by atoms with E-state index in [4.69, 9.17) is 4.42 Å². The Bertz CT molecular complexity index is 546. The van der Waals surface area contributed by atoms with Gasteiger partial charge in [-0.15, -0.1) is 21.9 Å². The maximum absolute atomic E-state index is 5.56. The van der Waals surface area contributed by atoms with Crippen molar-refractivity contribution in [1.82, 2.24) is 30.4 Å². The van der Waals surface area contributed by atoms with Gasteiger partial charge in [0.1, 0.15) is 0 Å². The minimum absolute atomic E-state index is 0.488. The van der Waals surface area contributed by atoms with E-state index in [2.05, 4.69) is 32.3 Å². The Kier molecular flexibility index (Phi) is 3.09. The molecule has 1 aliphatic rings. The van der Waals surface area contributed by atoms with E-state index in [0.717, 1.165) is 23.9 Å². The van der Waals surface area contributed by atoms with E-state index in [0.29, 0.717) is 24.1 Å². The summed E-state index contributed by atoms with van der Waals surface area (Å²) in [6.07, 6.45) is 4.07. The van der Waals surface area contributed by atoms with Gasteiger partial charge in [0, 0.05) is 5.92 Å². The lowest BCUT2D eigenvalue weighted by molar-refractivity contribution is 0.466. The van der Waals surface area contributed by atoms with Crippen molar-refractivity contribution >= 4 is 11.8 Å². The maximum Gasteiger partial charge on any atom is 0.226 e. The second-order valence-electron chi connectivity index (χ2n) is 4.03. The number of aromatic nitrogens is 6. The molecule has 0 aromatic carbocycles. The lowest BCUT2D eigenvalue weighted by Gasteiger charge is -1.98. The average Bonchev–Trinajstić information content (AvgIpc) is 2.96. The summed E-state index contributed by atoms with van der Waals surface area (Å²) in [6, 6.07) is 0. The smallest absolute Gasteiger partial charge is 0.226 e. The quantitative estimate of drug-likeness (QED) is 0.576. The molecular formula is C10H12N6OS. The van der Waals surface area contributed by atoms with Gasteiger partial charge in [0.25, 0.3) is 0 Å². The fraction of sp³-hybridized carbons (Fsp3) is 0.500. The molecule has 94 valence electrons. The average molecular weight is 264 g/mol. The number of allylic oxidation sites excluding steroid dienone is 1. The molecule has 0 atom stereocenters. The van der Waals surface area contributed by atoms with Gasteiger partial charge in [0.05, 0.1) is 12.3 Å². The summed E-state index contributed by atoms with van der Waals surface area (Å²) in [5, 5.41) is 20.2. The topological polar surface area (TPSA) is 82.5 Å². The molecule has 0 radical (unpaired) electrons. The molecule has 1 aliphatic carbocycles. The second kappa shape index (κ2) is 4.89. The summed E-state index contributed by atoms with van der Waals surface area (Å²) in [7, 11) is 0. The highest BCUT2D eigenvalue weighted by Gasteiger charge is 2.29. The Hall–Kier alpha value is -1.70. The van der Waals surface area contributed by atoms with E-state index in [1.807, 2.05) is 0 Å². The van der Waals surface area contributed by atoms with E-state index >= 15 is 0 Å². The number of thioether (sulfide) groups is 1. The number of tetrazole rings is 1. The molecule has 2 aromatic heterocycles. The Balaban J connectivity index is 1.62. The first-order chi connectivity index (χ1) is 8.86. The van der Waals surface area contributed by atoms with Crippen molar-refractivity contribution in [2.24, 2.45) is 0 Å². The fourth-order valence-corrected chi connectivity index (χ4v) is 2.21. The van der Waals surface area contributed by atoms with Crippen LogP contribution < -0.4 is 0 Å². The predicted octanol–water partition coefficient (Wildman–Crippen LogP) is 1.41. The maximum atomic E-state index is 5.56. The fourth-order valence-electron chi connectivity index (χ4n) is 1.48. The summed E-state index contributed by atoms with van der Waals surface area (Å²) < 4.78 is 7.24. The Morgan fingerprint density at radius 3 is 3.06 bits per heavy atom. The first kappa shape index (κ1) is 11.4. The molecule has 0 saturated heterocycles. The normalized spacial score (nSPS) is 14.9. The zero-order valence-electron chi connectivity index (χ0n) is 9.69. The molecule has 0 bridgehead atoms. The van der Waals surface area contributed by atoms with E-state index in [9.17, 15) is 0 Å². The summed E-state index contributed by atoms with van der Waals surface area (Å²) in [5.74, 6) is 2.45. The van der Waals surface area contributed by atoms with Crippen LogP contribution in [0, 0.1) is 0 Å². The molecule has 2 aromatic rings. The predicted molar refractivity (Wildman–Crippen MR) is 63.8 cm³/mol. The molecule has 1 fully saturated rings. The standard InChI is InChI=1S/C10H12N6OS/c1-2-5-16-10(13-14-15-16)18-6-8-11-12-9(17-8)7-3-4-7/h2,7H,1,3-6H2. The van der Waals surface area contributed by atoms with Gasteiger partial charge >= 0.3 is 0 Å². The van der Waals surface area contributed by atoms with Crippen LogP contribution in [0.2, 0.25) is 0 Å². The molecule has 0 unspecified atom stereocenters. The third kappa shape index (κ3) is 2.42. The van der Waals surface area contributed by atoms with E-state index in [-0.39, 0.29) is 0 Å². The lowest BCUT2D eigenvalue weighted by atomic mass is 10.4. The number of hydrogen-bond acceptors (Lipinski definition) is 7. The molecule has 18 heavy (non-hydrogen) atoms. The molecule has 0 spiro atoms. The minimum atomic E-state index is 0.488. The molecule has 0 amide bonds. The van der Waals surface area contributed by atoms with Crippen LogP contribution in [-0.2, 0) is 12.3 Å². The highest BCUT2D eigenvalue weighted by Crippen LogP contribution is 2.39. The number of rotatable bonds is 6. The summed E-state index contributed by atoms with van der Waals surface area (Å²) >= 11 is 1.48. The second-order valence-corrected chi connectivity index (χ2v) is 4.97. The van der Waals surface area contributed by atoms with Gasteiger partial charge in [-0.2, -0.15) is 0 Å². The van der Waals surface area contributed by atoms with Gasteiger partial charge in [-0.25, -0.2) is 4.68 Å². The van der Waals surface area contributed by atoms with Gasteiger partial charge < -0.3 is 4.42 Å². The van der Waals surface area contributed by atoms with E-state index in [1.165, 1.54) is 11.8 Å². The molecule has 0 aliphatic heterocycles. The van der Waals surface area contributed by atoms with Crippen LogP contribution in [0.4, 0.5) is 0 Å². The first-order valence-corrected chi connectivity index (χ1v) is 6.67. The molecule has 7 nitrogen and oxygen atoms in total. The molecule has 8 heteroatoms. The van der Waals surface area contributed by atoms with Crippen LogP contribution >= 0.6 is 11.8 Å². The van der Waals surface area contributed by atoms with Crippen LogP contribution in [0.1, 0.15) is 30.5 Å². The summed E-state index contributed by atoms with van der Waals surface area (Å²) in [5.41, 5.74) is 0. The van der Waals surface area contributed by atoms with Gasteiger partial charge in [0.15, 0.2) is 0 Å². The number of nitrogens with zero attached hydrogens (tertiary/aromatic N) is 6. The number of hydrogen-bond donors (Lipinski definition) is 0. The largest absolute Gasteiger partial charge is 0.424 e. The zero-order chi connectivity index (χ0) is 12.4. The third-order valence-electron chi connectivity index (χ3n) is 2.53. The third-order valence-corrected chi connectivity index (χ3v) is 3.48. The van der Waals surface area contributed by atoms with Crippen molar-refractivity contribution in [3.8, 4) is 0 Å². The van der Waals surface area contributed by atoms with Crippen molar-refractivity contribution in [1.29, 1.82) is 0 Å². The van der Waals surface area contributed by atoms with E-state index < -0.39 is 0 Å². The van der Waals surface area contributed by atoms with Crippen molar-refractivity contribution < 1.29 is 4.42 Å². The van der Waals surface area contributed by atoms with Crippen LogP contribution in [0.15, 0.2) is 22.2 Å². The Labute approximate surface area is 108 Å². The highest BCUT2D eigenvalue weighted by atomic mass is 32.2. The highest BCUT2D eigenvalue weighted by molar-refractivity contribution is 7.98. The Morgan fingerprint density at radius 2 is 2.28 bits per heavy atom. The van der Waals surface area contributed by atoms with Crippen LogP contribution in [0.5, 0.6) is 0 Å². The van der Waals surface area contributed by atoms with E-state index in [1.54, 1.807) is 10.8 Å². The monoisotopic (exact) mass is 264 g/mol. The molecule has 3 rings (SSSR count). The summed E-state index contributed by atoms with van der Waals surface area (Å²) in [6.45, 7) is 4.25. The van der Waals surface area contributed by atoms with Gasteiger partial charge in [-0.05, 0) is 23.3 Å². The van der Waals surface area contributed by atoms with Gasteiger partial charge in [-0.3, -0.25) is 0 Å². The van der Waals surface area contributed by atoms with Crippen LogP contribution in [0.25, 0.3) is 0 Å². The van der Waals surface area contributed by atoms with Crippen molar-refractivity contribution in [2.75, 3.05) is 0 Å². The van der Waals surface area contributed by atoms with Crippen molar-refractivity contribution in [3.05, 3.63) is 24.4 Å². The van der Waals surface area contributed by atoms with Gasteiger partial charge in [-0.1, -0.05) is 17.8 Å². The van der Waals surface area contributed by atoms with Crippen LogP contribution in [-0.4, -0.2) is 30.4 Å². The zero-order valence-corrected chi connectivity index (χ0v) is 10.5. The lowest BCUT2D eigenvalue weighted by Crippen LogP contribution is -1.99. The van der Waals surface area contributed by atoms with Crippen molar-refractivity contribution in [3.63, 3.8) is 0 Å². The Morgan fingerprint density at radius 1 is 1.39 bits per heavy atom. The van der Waals surface area contributed by atoms with Gasteiger partial charge in [0.2, 0.25) is 16.9 Å². The first-order valence-electron chi connectivity index (χ1n) is 5.69. The minimum Gasteiger partial charge on any atom is -0.424 e. The van der Waals surface area contributed by atoms with Crippen molar-refractivity contribution in [2.45, 2.75) is 36.2 Å². The molecule has 2 heterocycles. The molecular weight excluding hydrogens is 252 g/mol. The van der Waals surface area contributed by atoms with Crippen LogP contribution in [0.3, 0.4) is 0 Å². The summed E-state index contributed by atoms with van der Waals surface area (Å²) in [4.78, 5) is 0. The molecule has 0 N–H and O–H groups in total. The molecule has 1 saturated carbocycles. The SMILES string of the molecule is C=CCn1nnnc1SCc1nnc(C2CC2)o1.